The zero-order valence-corrected chi connectivity index (χ0v) is 45.8. The maximum atomic E-state index is 15.4. The molecule has 16 heteroatoms. The highest BCUT2D eigenvalue weighted by Gasteiger charge is 2.65. The molecular weight excluding hydrogens is 981 g/mol. The molecule has 1 fully saturated rings. The number of nitro groups is 1. The molecule has 3 N–H and O–H groups in total. The van der Waals surface area contributed by atoms with Gasteiger partial charge in [0, 0.05) is 62.4 Å². The number of rotatable bonds is 30. The van der Waals surface area contributed by atoms with E-state index in [9.17, 15) is 25.1 Å². The number of allylic oxidation sites excluding steroid dienone is 1. The molecule has 0 radical (unpaired) electrons. The number of nitrogens with one attached hydrogen (secondary N) is 1. The van der Waals surface area contributed by atoms with Crippen LogP contribution in [0.4, 0.5) is 10.5 Å². The normalized spacial score (nSPS) is 21.7. The number of nitrogens with zero attached hydrogens (tertiary/aromatic N) is 3. The Labute approximate surface area is 455 Å². The Morgan fingerprint density at radius 1 is 0.883 bits per heavy atom. The van der Waals surface area contributed by atoms with Gasteiger partial charge in [0.2, 0.25) is 18.5 Å². The Morgan fingerprint density at radius 3 is 2.26 bits per heavy atom. The molecular formula is C61H82N4O12. The summed E-state index contributed by atoms with van der Waals surface area (Å²) in [7, 11) is 0. The van der Waals surface area contributed by atoms with Crippen molar-refractivity contribution in [3.63, 3.8) is 0 Å². The summed E-state index contributed by atoms with van der Waals surface area (Å²) in [5, 5.41) is 39.6. The van der Waals surface area contributed by atoms with E-state index in [4.69, 9.17) is 33.7 Å². The number of carbonyl (C=O) groups is 2. The SMILES string of the molecule is C=CCO[C@@]12Oc3ccc(OC(=O)NCCCCCCCCCCCC)cc3[C@H]3[C@H](CCCCO)[C@@H](CCCCO)C=C(C(=NOC(C)(C)C)C[C@@H]1N(Cc1ccc4c(c1)OCO4)C(=O)C=Cc1ccc([N+](=O)[O-])cc1)[C@H]32. The predicted molar refractivity (Wildman–Crippen MR) is 297 cm³/mol. The molecule has 2 amide bonds. The fraction of sp³-hybridized carbons (Fsp3) is 0.557. The highest BCUT2D eigenvalue weighted by molar-refractivity contribution is 6.03. The van der Waals surface area contributed by atoms with Crippen LogP contribution in [0.15, 0.2) is 96.2 Å². The molecule has 418 valence electrons. The zero-order valence-electron chi connectivity index (χ0n) is 45.8. The number of fused-ring (bicyclic) bond motifs is 3. The molecule has 1 saturated carbocycles. The van der Waals surface area contributed by atoms with Gasteiger partial charge in [-0.15, -0.1) is 6.58 Å². The van der Waals surface area contributed by atoms with Gasteiger partial charge in [-0.1, -0.05) is 101 Å². The Hall–Kier alpha value is -6.23. The number of ether oxygens (including phenoxy) is 5. The number of oxime groups is 1. The molecule has 0 aromatic heterocycles. The number of amides is 2. The van der Waals surface area contributed by atoms with Crippen molar-refractivity contribution in [2.24, 2.45) is 22.9 Å². The Balaban J connectivity index is 1.32. The first kappa shape index (κ1) is 58.5. The molecule has 2 heterocycles. The monoisotopic (exact) mass is 1060 g/mol. The molecule has 7 rings (SSSR count). The summed E-state index contributed by atoms with van der Waals surface area (Å²) < 4.78 is 32.2. The molecule has 0 unspecified atom stereocenters. The van der Waals surface area contributed by atoms with Gasteiger partial charge in [-0.05, 0) is 130 Å². The van der Waals surface area contributed by atoms with Crippen LogP contribution in [-0.4, -0.2) is 88.3 Å². The Kier molecular flexibility index (Phi) is 21.6. The van der Waals surface area contributed by atoms with Gasteiger partial charge < -0.3 is 49.0 Å². The van der Waals surface area contributed by atoms with Crippen molar-refractivity contribution in [2.45, 2.75) is 167 Å². The van der Waals surface area contributed by atoms with Gasteiger partial charge in [0.1, 0.15) is 23.1 Å². The summed E-state index contributed by atoms with van der Waals surface area (Å²) in [6.07, 6.45) is 22.7. The predicted octanol–water partition coefficient (Wildman–Crippen LogP) is 12.5. The maximum absolute atomic E-state index is 15.4. The lowest BCUT2D eigenvalue weighted by Gasteiger charge is -2.60. The van der Waals surface area contributed by atoms with E-state index in [0.717, 1.165) is 55.2 Å². The Morgan fingerprint density at radius 2 is 1.57 bits per heavy atom. The van der Waals surface area contributed by atoms with Crippen LogP contribution in [0.2, 0.25) is 0 Å². The minimum Gasteiger partial charge on any atom is -0.459 e. The standard InChI is InChI=1S/C61H82N4O12/c1-6-8-9-10-11-12-13-14-15-18-33-62-59(69)75-47-29-31-52-50(39-47)57-48(22-17-20-35-67)45(21-16-19-34-66)38-49-51(63-77-60(3,4)5)40-55(61(76-52,58(49)57)74-36-7-2)64(41-44-25-30-53-54(37-44)73-42-72-53)56(68)32-26-43-23-27-46(28-24-43)65(70)71/h7,23-32,37-39,45,48,55,57-58,66-67H,2,6,8-22,33-36,40-42H2,1,3-5H3,(H,62,69)/t45-,48+,55-,57+,58+,61+/m0/s1. The van der Waals surface area contributed by atoms with Crippen molar-refractivity contribution in [1.82, 2.24) is 10.2 Å². The molecule has 3 aromatic rings. The molecule has 0 bridgehead atoms. The van der Waals surface area contributed by atoms with Crippen LogP contribution < -0.4 is 24.3 Å². The van der Waals surface area contributed by atoms with E-state index in [1.54, 1.807) is 35.3 Å². The van der Waals surface area contributed by atoms with Crippen molar-refractivity contribution in [2.75, 3.05) is 33.2 Å². The van der Waals surface area contributed by atoms with Gasteiger partial charge in [0.25, 0.3) is 5.69 Å². The van der Waals surface area contributed by atoms with E-state index in [1.807, 2.05) is 51.1 Å². The molecule has 77 heavy (non-hydrogen) atoms. The largest absolute Gasteiger partial charge is 0.459 e. The third-order valence-electron chi connectivity index (χ3n) is 15.1. The molecule has 0 saturated heterocycles. The number of aliphatic hydroxyl groups excluding tert-OH is 2. The van der Waals surface area contributed by atoms with Crippen molar-refractivity contribution in [1.29, 1.82) is 0 Å². The quantitative estimate of drug-likeness (QED) is 0.0188. The first-order chi connectivity index (χ1) is 37.3. The molecule has 4 aliphatic rings. The van der Waals surface area contributed by atoms with E-state index in [1.165, 1.54) is 63.2 Å². The first-order valence-corrected chi connectivity index (χ1v) is 28.1. The smallest absolute Gasteiger partial charge is 0.412 e. The van der Waals surface area contributed by atoms with Gasteiger partial charge >= 0.3 is 6.09 Å². The van der Waals surface area contributed by atoms with Crippen molar-refractivity contribution in [3.05, 3.63) is 118 Å². The van der Waals surface area contributed by atoms with Crippen LogP contribution in [0, 0.1) is 27.9 Å². The third kappa shape index (κ3) is 15.5. The number of non-ortho nitro benzene ring substituents is 1. The van der Waals surface area contributed by atoms with E-state index in [2.05, 4.69) is 24.9 Å². The number of aliphatic hydroxyl groups is 2. The highest BCUT2D eigenvalue weighted by atomic mass is 16.7. The Bertz CT molecular complexity index is 2540. The minimum atomic E-state index is -1.59. The topological polar surface area (TPSA) is 201 Å². The average Bonchev–Trinajstić information content (AvgIpc) is 3.94. The zero-order chi connectivity index (χ0) is 54.8. The minimum absolute atomic E-state index is 0.0270. The molecule has 0 spiro atoms. The summed E-state index contributed by atoms with van der Waals surface area (Å²) in [4.78, 5) is 48.0. The van der Waals surface area contributed by atoms with Crippen LogP contribution in [-0.2, 0) is 20.9 Å². The first-order valence-electron chi connectivity index (χ1n) is 28.1. The summed E-state index contributed by atoms with van der Waals surface area (Å²) in [6.45, 7) is 12.8. The number of benzene rings is 3. The fourth-order valence-electron chi connectivity index (χ4n) is 11.4. The summed E-state index contributed by atoms with van der Waals surface area (Å²) in [5.74, 6) is -1.11. The number of hydrogen-bond donors (Lipinski definition) is 3. The molecule has 6 atom stereocenters. The molecule has 2 aliphatic carbocycles. The summed E-state index contributed by atoms with van der Waals surface area (Å²) in [6, 6.07) is 16.1. The van der Waals surface area contributed by atoms with Gasteiger partial charge in [0.05, 0.1) is 23.2 Å². The average molecular weight is 1060 g/mol. The number of nitro benzene ring substituents is 1. The second-order valence-corrected chi connectivity index (χ2v) is 21.8. The highest BCUT2D eigenvalue weighted by Crippen LogP contribution is 2.62. The molecule has 3 aromatic carbocycles. The van der Waals surface area contributed by atoms with Gasteiger partial charge in [-0.25, -0.2) is 4.79 Å². The van der Waals surface area contributed by atoms with Crippen LogP contribution in [0.5, 0.6) is 23.0 Å². The van der Waals surface area contributed by atoms with Gasteiger partial charge in [-0.3, -0.25) is 14.9 Å². The summed E-state index contributed by atoms with van der Waals surface area (Å²) in [5.41, 5.74) is 2.84. The van der Waals surface area contributed by atoms with Gasteiger partial charge in [0.15, 0.2) is 11.5 Å². The third-order valence-corrected chi connectivity index (χ3v) is 15.1. The lowest BCUT2D eigenvalue weighted by Crippen LogP contribution is -2.70. The van der Waals surface area contributed by atoms with Crippen LogP contribution in [0.1, 0.15) is 159 Å². The van der Waals surface area contributed by atoms with Crippen molar-refractivity contribution in [3.8, 4) is 23.0 Å². The van der Waals surface area contributed by atoms with Crippen LogP contribution >= 0.6 is 0 Å². The molecule has 16 nitrogen and oxygen atoms in total. The van der Waals surface area contributed by atoms with E-state index < -0.39 is 40.3 Å². The molecule has 2 aliphatic heterocycles. The van der Waals surface area contributed by atoms with Crippen molar-refractivity contribution < 1.29 is 53.2 Å². The van der Waals surface area contributed by atoms with E-state index in [0.29, 0.717) is 60.1 Å². The number of hydrogen-bond acceptors (Lipinski definition) is 13. The van der Waals surface area contributed by atoms with Crippen LogP contribution in [0.3, 0.4) is 0 Å². The second-order valence-electron chi connectivity index (χ2n) is 21.8. The number of carbonyl (C=O) groups excluding carboxylic acids is 2. The number of unbranched alkanes of at least 4 members (excludes halogenated alkanes) is 11. The van der Waals surface area contributed by atoms with Crippen LogP contribution in [0.25, 0.3) is 6.08 Å². The van der Waals surface area contributed by atoms with E-state index in [-0.39, 0.29) is 63.0 Å². The van der Waals surface area contributed by atoms with E-state index >= 15 is 4.79 Å². The lowest BCUT2D eigenvalue weighted by atomic mass is 9.55. The van der Waals surface area contributed by atoms with Crippen molar-refractivity contribution >= 4 is 29.5 Å². The second kappa shape index (κ2) is 28.4. The lowest BCUT2D eigenvalue weighted by molar-refractivity contribution is -0.384. The maximum Gasteiger partial charge on any atom is 0.412 e. The van der Waals surface area contributed by atoms with Gasteiger partial charge in [-0.2, -0.15) is 0 Å². The summed E-state index contributed by atoms with van der Waals surface area (Å²) >= 11 is 0. The fourth-order valence-corrected chi connectivity index (χ4v) is 11.4.